The van der Waals surface area contributed by atoms with Crippen LogP contribution in [0.3, 0.4) is 0 Å². The van der Waals surface area contributed by atoms with Crippen LogP contribution in [0.5, 0.6) is 0 Å². The van der Waals surface area contributed by atoms with E-state index in [0.29, 0.717) is 5.69 Å². The number of hydrazone groups is 1. The van der Waals surface area contributed by atoms with Gasteiger partial charge >= 0.3 is 0 Å². The number of aryl methyl sites for hydroxylation is 1. The number of hydrogen-bond acceptors (Lipinski definition) is 3. The van der Waals surface area contributed by atoms with Gasteiger partial charge in [0.2, 0.25) is 0 Å². The molecular formula is C21H19N5O. The Morgan fingerprint density at radius 2 is 1.89 bits per heavy atom. The number of carbonyl (C=O) groups is 1. The second kappa shape index (κ2) is 6.92. The monoisotopic (exact) mass is 357 g/mol. The number of rotatable bonds is 4. The number of amides is 1. The summed E-state index contributed by atoms with van der Waals surface area (Å²) < 4.78 is 2.11. The number of fused-ring (bicyclic) bond motifs is 1. The summed E-state index contributed by atoms with van der Waals surface area (Å²) in [6, 6.07) is 19.5. The van der Waals surface area contributed by atoms with Crippen molar-refractivity contribution in [2.75, 3.05) is 0 Å². The zero-order chi connectivity index (χ0) is 18.8. The van der Waals surface area contributed by atoms with Crippen LogP contribution >= 0.6 is 0 Å². The van der Waals surface area contributed by atoms with Crippen LogP contribution < -0.4 is 5.43 Å². The molecule has 2 N–H and O–H groups in total. The number of para-hydroxylation sites is 1. The van der Waals surface area contributed by atoms with Crippen molar-refractivity contribution in [3.05, 3.63) is 77.6 Å². The van der Waals surface area contributed by atoms with Crippen LogP contribution in [-0.2, 0) is 7.05 Å². The van der Waals surface area contributed by atoms with Gasteiger partial charge in [-0.3, -0.25) is 9.89 Å². The fourth-order valence-corrected chi connectivity index (χ4v) is 3.12. The number of hydrogen-bond donors (Lipinski definition) is 2. The number of aromatic amines is 1. The van der Waals surface area contributed by atoms with E-state index < -0.39 is 0 Å². The van der Waals surface area contributed by atoms with Crippen LogP contribution in [-0.4, -0.2) is 26.9 Å². The molecule has 6 heteroatoms. The number of carbonyl (C=O) groups excluding carboxylic acids is 1. The van der Waals surface area contributed by atoms with Crippen molar-refractivity contribution in [1.82, 2.24) is 20.2 Å². The molecule has 0 spiro atoms. The first kappa shape index (κ1) is 16.8. The molecule has 2 aromatic heterocycles. The zero-order valence-corrected chi connectivity index (χ0v) is 15.1. The minimum absolute atomic E-state index is 0.334. The van der Waals surface area contributed by atoms with Crippen molar-refractivity contribution >= 4 is 23.0 Å². The molecule has 2 heterocycles. The Bertz CT molecular complexity index is 1140. The third-order valence-electron chi connectivity index (χ3n) is 4.70. The van der Waals surface area contributed by atoms with E-state index in [-0.39, 0.29) is 5.91 Å². The van der Waals surface area contributed by atoms with Gasteiger partial charge in [0.25, 0.3) is 5.91 Å². The van der Waals surface area contributed by atoms with Crippen LogP contribution in [0, 0.1) is 6.92 Å². The second-order valence-corrected chi connectivity index (χ2v) is 6.31. The van der Waals surface area contributed by atoms with Gasteiger partial charge in [0.1, 0.15) is 5.69 Å². The Labute approximate surface area is 156 Å². The van der Waals surface area contributed by atoms with Gasteiger partial charge in [-0.25, -0.2) is 5.43 Å². The van der Waals surface area contributed by atoms with E-state index >= 15 is 0 Å². The second-order valence-electron chi connectivity index (χ2n) is 6.31. The quantitative estimate of drug-likeness (QED) is 0.432. The molecule has 0 atom stereocenters. The molecule has 6 nitrogen and oxygen atoms in total. The van der Waals surface area contributed by atoms with Crippen LogP contribution in [0.1, 0.15) is 21.7 Å². The zero-order valence-electron chi connectivity index (χ0n) is 15.1. The molecule has 0 fully saturated rings. The van der Waals surface area contributed by atoms with E-state index in [1.807, 2.05) is 62.5 Å². The summed E-state index contributed by atoms with van der Waals surface area (Å²) in [5.41, 5.74) is 7.79. The van der Waals surface area contributed by atoms with Gasteiger partial charge in [-0.05, 0) is 19.1 Å². The standard InChI is InChI=1S/C21H19N5O/c1-14-17(16-10-6-7-11-20(16)26(14)2)13-22-25-21(27)19-12-18(23-24-19)15-8-4-3-5-9-15/h3-13H,1-2H3,(H,23,24)(H,25,27). The van der Waals surface area contributed by atoms with E-state index in [0.717, 1.165) is 33.4 Å². The molecular weight excluding hydrogens is 338 g/mol. The summed E-state index contributed by atoms with van der Waals surface area (Å²) in [4.78, 5) is 12.3. The molecule has 0 aliphatic heterocycles. The molecule has 0 saturated carbocycles. The molecule has 0 unspecified atom stereocenters. The Morgan fingerprint density at radius 1 is 1.15 bits per heavy atom. The van der Waals surface area contributed by atoms with Crippen molar-refractivity contribution in [3.8, 4) is 11.3 Å². The Balaban J connectivity index is 1.52. The van der Waals surface area contributed by atoms with E-state index in [1.54, 1.807) is 12.3 Å². The van der Waals surface area contributed by atoms with Crippen LogP contribution in [0.25, 0.3) is 22.2 Å². The minimum atomic E-state index is -0.334. The normalized spacial score (nSPS) is 11.3. The number of nitrogens with one attached hydrogen (secondary N) is 2. The lowest BCUT2D eigenvalue weighted by atomic mass is 10.1. The number of nitrogens with zero attached hydrogens (tertiary/aromatic N) is 3. The van der Waals surface area contributed by atoms with Crippen molar-refractivity contribution in [2.24, 2.45) is 12.1 Å². The molecule has 0 aliphatic carbocycles. The van der Waals surface area contributed by atoms with E-state index in [2.05, 4.69) is 31.4 Å². The predicted molar refractivity (Wildman–Crippen MR) is 107 cm³/mol. The largest absolute Gasteiger partial charge is 0.347 e. The third-order valence-corrected chi connectivity index (χ3v) is 4.70. The summed E-state index contributed by atoms with van der Waals surface area (Å²) >= 11 is 0. The predicted octanol–water partition coefficient (Wildman–Crippen LogP) is 3.64. The summed E-state index contributed by atoms with van der Waals surface area (Å²) in [6.07, 6.45) is 1.68. The summed E-state index contributed by atoms with van der Waals surface area (Å²) in [7, 11) is 2.02. The van der Waals surface area contributed by atoms with E-state index in [9.17, 15) is 4.79 Å². The molecule has 2 aromatic carbocycles. The smallest absolute Gasteiger partial charge is 0.289 e. The van der Waals surface area contributed by atoms with Crippen LogP contribution in [0.4, 0.5) is 0 Å². The van der Waals surface area contributed by atoms with E-state index in [4.69, 9.17) is 0 Å². The van der Waals surface area contributed by atoms with Crippen molar-refractivity contribution in [3.63, 3.8) is 0 Å². The van der Waals surface area contributed by atoms with Gasteiger partial charge < -0.3 is 4.57 Å². The lowest BCUT2D eigenvalue weighted by Crippen LogP contribution is -2.18. The molecule has 1 amide bonds. The van der Waals surface area contributed by atoms with Crippen molar-refractivity contribution < 1.29 is 4.79 Å². The van der Waals surface area contributed by atoms with Gasteiger partial charge in [-0.2, -0.15) is 10.2 Å². The summed E-state index contributed by atoms with van der Waals surface area (Å²) in [5.74, 6) is -0.334. The van der Waals surface area contributed by atoms with Gasteiger partial charge in [-0.1, -0.05) is 48.5 Å². The maximum absolute atomic E-state index is 12.3. The SMILES string of the molecule is Cc1c(C=NNC(=O)c2cc(-c3ccccc3)n[nH]2)c2ccccc2n1C. The first-order valence-corrected chi connectivity index (χ1v) is 8.63. The minimum Gasteiger partial charge on any atom is -0.347 e. The highest BCUT2D eigenvalue weighted by molar-refractivity contribution is 6.01. The topological polar surface area (TPSA) is 75.1 Å². The average molecular weight is 357 g/mol. The number of benzene rings is 2. The molecule has 0 radical (unpaired) electrons. The third kappa shape index (κ3) is 3.13. The average Bonchev–Trinajstić information content (AvgIpc) is 3.29. The molecule has 4 rings (SSSR count). The number of aromatic nitrogens is 3. The van der Waals surface area contributed by atoms with Gasteiger partial charge in [0, 0.05) is 34.8 Å². The van der Waals surface area contributed by atoms with Gasteiger partial charge in [-0.15, -0.1) is 0 Å². The lowest BCUT2D eigenvalue weighted by Gasteiger charge is -1.98. The van der Waals surface area contributed by atoms with Crippen LogP contribution in [0.2, 0.25) is 0 Å². The molecule has 134 valence electrons. The first-order valence-electron chi connectivity index (χ1n) is 8.63. The fraction of sp³-hybridized carbons (Fsp3) is 0.0952. The highest BCUT2D eigenvalue weighted by atomic mass is 16.2. The van der Waals surface area contributed by atoms with Gasteiger partial charge in [0.15, 0.2) is 0 Å². The summed E-state index contributed by atoms with van der Waals surface area (Å²) in [5, 5.41) is 12.2. The molecule has 0 bridgehead atoms. The maximum Gasteiger partial charge on any atom is 0.289 e. The van der Waals surface area contributed by atoms with E-state index in [1.165, 1.54) is 0 Å². The Kier molecular flexibility index (Phi) is 4.30. The van der Waals surface area contributed by atoms with Crippen molar-refractivity contribution in [2.45, 2.75) is 6.92 Å². The molecule has 0 aliphatic rings. The molecule has 0 saturated heterocycles. The lowest BCUT2D eigenvalue weighted by molar-refractivity contribution is 0.0950. The Morgan fingerprint density at radius 3 is 2.70 bits per heavy atom. The maximum atomic E-state index is 12.3. The van der Waals surface area contributed by atoms with Gasteiger partial charge in [0.05, 0.1) is 11.9 Å². The molecule has 4 aromatic rings. The fourth-order valence-electron chi connectivity index (χ4n) is 3.12. The first-order chi connectivity index (χ1) is 13.1. The van der Waals surface area contributed by atoms with Crippen molar-refractivity contribution in [1.29, 1.82) is 0 Å². The highest BCUT2D eigenvalue weighted by Crippen LogP contribution is 2.23. The summed E-state index contributed by atoms with van der Waals surface area (Å²) in [6.45, 7) is 2.03. The van der Waals surface area contributed by atoms with Crippen LogP contribution in [0.15, 0.2) is 65.8 Å². The Hall–Kier alpha value is -3.67. The highest BCUT2D eigenvalue weighted by Gasteiger charge is 2.11. The molecule has 27 heavy (non-hydrogen) atoms. The number of H-pyrrole nitrogens is 1.